The van der Waals surface area contributed by atoms with E-state index in [0.717, 1.165) is 17.0 Å². The minimum Gasteiger partial charge on any atom is -0.530 e. The molecule has 0 bridgehead atoms. The van der Waals surface area contributed by atoms with Gasteiger partial charge in [-0.05, 0) is 12.1 Å². The molecule has 1 amide bonds. The van der Waals surface area contributed by atoms with Crippen LogP contribution in [0.3, 0.4) is 0 Å². The third-order valence-corrected chi connectivity index (χ3v) is 4.16. The van der Waals surface area contributed by atoms with Gasteiger partial charge in [-0.25, -0.2) is 9.97 Å². The third-order valence-electron chi connectivity index (χ3n) is 3.85. The molecule has 1 aliphatic heterocycles. The summed E-state index contributed by atoms with van der Waals surface area (Å²) < 4.78 is 39.2. The van der Waals surface area contributed by atoms with Crippen LogP contribution in [0.5, 0.6) is 0 Å². The van der Waals surface area contributed by atoms with Crippen molar-refractivity contribution in [2.45, 2.75) is 6.18 Å². The van der Waals surface area contributed by atoms with E-state index >= 15 is 0 Å². The first-order chi connectivity index (χ1) is 11.3. The number of amides is 1. The molecule has 0 aliphatic carbocycles. The second-order valence-electron chi connectivity index (χ2n) is 5.28. The molecule has 2 heterocycles. The monoisotopic (exact) mass is 359 g/mol. The van der Waals surface area contributed by atoms with E-state index in [1.165, 1.54) is 6.33 Å². The Morgan fingerprint density at radius 1 is 1.17 bits per heavy atom. The summed E-state index contributed by atoms with van der Waals surface area (Å²) in [6.45, 7) is 0.967. The highest BCUT2D eigenvalue weighted by molar-refractivity contribution is 6.32. The van der Waals surface area contributed by atoms with Crippen LogP contribution in [-0.2, 0) is 6.18 Å². The van der Waals surface area contributed by atoms with Gasteiger partial charge in [0.15, 0.2) is 0 Å². The molecule has 10 heteroatoms. The lowest BCUT2D eigenvalue weighted by Gasteiger charge is -2.37. The van der Waals surface area contributed by atoms with Crippen molar-refractivity contribution in [3.05, 3.63) is 29.0 Å². The molecular formula is C14H11ClF3N4O2-. The van der Waals surface area contributed by atoms with Crippen molar-refractivity contribution in [1.29, 1.82) is 0 Å². The highest BCUT2D eigenvalue weighted by atomic mass is 35.5. The molecule has 1 aromatic heterocycles. The van der Waals surface area contributed by atoms with Crippen LogP contribution in [0.4, 0.5) is 23.8 Å². The highest BCUT2D eigenvalue weighted by Crippen LogP contribution is 2.38. The topological polar surface area (TPSA) is 72.4 Å². The van der Waals surface area contributed by atoms with Crippen molar-refractivity contribution in [2.75, 3.05) is 31.1 Å². The molecule has 3 rings (SSSR count). The summed E-state index contributed by atoms with van der Waals surface area (Å²) in [6, 6.07) is 2.08. The number of nitrogens with zero attached hydrogens (tertiary/aromatic N) is 4. The largest absolute Gasteiger partial charge is 0.530 e. The molecule has 1 fully saturated rings. The second-order valence-corrected chi connectivity index (χ2v) is 5.69. The lowest BCUT2D eigenvalue weighted by molar-refractivity contribution is -0.265. The van der Waals surface area contributed by atoms with Gasteiger partial charge in [0.2, 0.25) is 0 Å². The predicted molar refractivity (Wildman–Crippen MR) is 78.7 cm³/mol. The number of piperazine rings is 1. The number of carbonyl (C=O) groups is 1. The van der Waals surface area contributed by atoms with E-state index in [2.05, 4.69) is 9.97 Å². The Hall–Kier alpha value is -2.29. The number of anilines is 1. The van der Waals surface area contributed by atoms with E-state index in [0.29, 0.717) is 24.4 Å². The summed E-state index contributed by atoms with van der Waals surface area (Å²) in [5.41, 5.74) is -0.665. The van der Waals surface area contributed by atoms with Crippen LogP contribution in [0.2, 0.25) is 5.02 Å². The molecule has 6 nitrogen and oxygen atoms in total. The Morgan fingerprint density at radius 2 is 1.83 bits per heavy atom. The van der Waals surface area contributed by atoms with Gasteiger partial charge >= 0.3 is 6.18 Å². The first kappa shape index (κ1) is 16.6. The minimum atomic E-state index is -4.59. The lowest BCUT2D eigenvalue weighted by atomic mass is 10.1. The second kappa shape index (κ2) is 5.97. The van der Waals surface area contributed by atoms with Crippen molar-refractivity contribution in [1.82, 2.24) is 14.9 Å². The summed E-state index contributed by atoms with van der Waals surface area (Å²) in [6.07, 6.45) is -4.62. The molecule has 0 unspecified atom stereocenters. The Kier molecular flexibility index (Phi) is 4.12. The van der Waals surface area contributed by atoms with Gasteiger partial charge in [0.1, 0.15) is 18.2 Å². The smallest absolute Gasteiger partial charge is 0.417 e. The zero-order valence-electron chi connectivity index (χ0n) is 12.2. The van der Waals surface area contributed by atoms with Gasteiger partial charge in [-0.1, -0.05) is 11.6 Å². The predicted octanol–water partition coefficient (Wildman–Crippen LogP) is 1.77. The normalized spacial score (nSPS) is 15.8. The molecule has 1 aliphatic rings. The Labute approximate surface area is 139 Å². The number of alkyl halides is 3. The third kappa shape index (κ3) is 3.03. The van der Waals surface area contributed by atoms with Crippen molar-refractivity contribution in [3.8, 4) is 0 Å². The van der Waals surface area contributed by atoms with E-state index in [9.17, 15) is 23.1 Å². The van der Waals surface area contributed by atoms with Gasteiger partial charge in [-0.15, -0.1) is 0 Å². The Bertz CT molecular complexity index is 791. The molecule has 1 saturated heterocycles. The molecule has 128 valence electrons. The Balaban J connectivity index is 2.01. The summed E-state index contributed by atoms with van der Waals surface area (Å²) in [7, 11) is 0. The number of rotatable bonds is 1. The maximum Gasteiger partial charge on any atom is 0.417 e. The summed E-state index contributed by atoms with van der Waals surface area (Å²) in [5, 5.41) is 10.6. The highest BCUT2D eigenvalue weighted by Gasteiger charge is 2.34. The number of aromatic nitrogens is 2. The molecule has 1 aromatic carbocycles. The van der Waals surface area contributed by atoms with E-state index in [1.54, 1.807) is 4.90 Å². The van der Waals surface area contributed by atoms with Gasteiger partial charge in [-0.3, -0.25) is 0 Å². The van der Waals surface area contributed by atoms with Crippen molar-refractivity contribution in [3.63, 3.8) is 0 Å². The minimum absolute atomic E-state index is 0.188. The van der Waals surface area contributed by atoms with Crippen molar-refractivity contribution in [2.24, 2.45) is 0 Å². The average Bonchev–Trinajstić information content (AvgIpc) is 2.52. The lowest BCUT2D eigenvalue weighted by Crippen LogP contribution is -2.52. The fourth-order valence-electron chi connectivity index (χ4n) is 2.63. The summed E-state index contributed by atoms with van der Waals surface area (Å²) in [4.78, 5) is 21.7. The van der Waals surface area contributed by atoms with Crippen LogP contribution in [0, 0.1) is 0 Å². The first-order valence-electron chi connectivity index (χ1n) is 6.99. The Morgan fingerprint density at radius 3 is 2.42 bits per heavy atom. The van der Waals surface area contributed by atoms with Crippen LogP contribution >= 0.6 is 11.6 Å². The number of benzene rings is 1. The van der Waals surface area contributed by atoms with Crippen molar-refractivity contribution >= 4 is 34.4 Å². The average molecular weight is 360 g/mol. The van der Waals surface area contributed by atoms with E-state index in [4.69, 9.17) is 11.6 Å². The van der Waals surface area contributed by atoms with Crippen LogP contribution in [0.15, 0.2) is 18.5 Å². The summed E-state index contributed by atoms with van der Waals surface area (Å²) >= 11 is 5.71. The zero-order valence-corrected chi connectivity index (χ0v) is 12.9. The van der Waals surface area contributed by atoms with Crippen LogP contribution in [0.25, 0.3) is 10.9 Å². The molecule has 0 atom stereocenters. The maximum atomic E-state index is 13.1. The number of carboxylic acid groups (broad SMARTS) is 1. The molecule has 0 saturated carbocycles. The van der Waals surface area contributed by atoms with Crippen LogP contribution in [0.1, 0.15) is 5.56 Å². The molecule has 0 spiro atoms. The number of hydrogen-bond acceptors (Lipinski definition) is 5. The quantitative estimate of drug-likeness (QED) is 0.776. The van der Waals surface area contributed by atoms with Gasteiger partial charge in [0.05, 0.1) is 16.1 Å². The van der Waals surface area contributed by atoms with E-state index < -0.39 is 22.9 Å². The van der Waals surface area contributed by atoms with Gasteiger partial charge in [0.25, 0.3) is 0 Å². The van der Waals surface area contributed by atoms with Crippen LogP contribution < -0.4 is 10.0 Å². The fraction of sp³-hybridized carbons (Fsp3) is 0.357. The summed E-state index contributed by atoms with van der Waals surface area (Å²) in [5.74, 6) is 0.320. The number of halogens is 4. The number of fused-ring (bicyclic) bond motifs is 1. The molecule has 0 N–H and O–H groups in total. The van der Waals surface area contributed by atoms with E-state index in [1.807, 2.05) is 0 Å². The molecule has 0 radical (unpaired) electrons. The fourth-order valence-corrected chi connectivity index (χ4v) is 2.90. The molecular weight excluding hydrogens is 349 g/mol. The molecule has 24 heavy (non-hydrogen) atoms. The SMILES string of the molecule is O=C([O-])N1CCN(c2ncnc3cc(Cl)c(C(F)(F)F)cc23)CC1. The van der Waals surface area contributed by atoms with Crippen LogP contribution in [-0.4, -0.2) is 47.1 Å². The first-order valence-corrected chi connectivity index (χ1v) is 7.37. The van der Waals surface area contributed by atoms with E-state index in [-0.39, 0.29) is 18.5 Å². The molecule has 2 aromatic rings. The van der Waals surface area contributed by atoms with Gasteiger partial charge in [0, 0.05) is 31.6 Å². The van der Waals surface area contributed by atoms with Gasteiger partial charge < -0.3 is 19.7 Å². The number of hydrogen-bond donors (Lipinski definition) is 0. The van der Waals surface area contributed by atoms with Gasteiger partial charge in [-0.2, -0.15) is 13.2 Å². The zero-order chi connectivity index (χ0) is 17.5. The van der Waals surface area contributed by atoms with Crippen molar-refractivity contribution < 1.29 is 23.1 Å². The number of carbonyl (C=O) groups excluding carboxylic acids is 1. The maximum absolute atomic E-state index is 13.1. The standard InChI is InChI=1S/C14H12ClF3N4O2/c15-10-6-11-8(5-9(10)14(16,17)18)12(20-7-19-11)21-1-3-22(4-2-21)13(23)24/h5-7H,1-4H2,(H,23,24)/p-1.